The molecule has 4 nitrogen and oxygen atoms in total. The van der Waals surface area contributed by atoms with Gasteiger partial charge in [-0.2, -0.15) is 0 Å². The number of aryl methyl sites for hydroxylation is 1. The van der Waals surface area contributed by atoms with E-state index in [9.17, 15) is 4.39 Å². The van der Waals surface area contributed by atoms with E-state index in [0.29, 0.717) is 18.7 Å². The molecular formula is C20H26FN3O. The summed E-state index contributed by atoms with van der Waals surface area (Å²) < 4.78 is 19.8. The minimum Gasteiger partial charge on any atom is -0.377 e. The lowest BCUT2D eigenvalue weighted by atomic mass is 10.1. The van der Waals surface area contributed by atoms with E-state index in [1.54, 1.807) is 6.07 Å². The van der Waals surface area contributed by atoms with Crippen LogP contribution >= 0.6 is 0 Å². The molecule has 25 heavy (non-hydrogen) atoms. The summed E-state index contributed by atoms with van der Waals surface area (Å²) in [5.41, 5.74) is 1.76. The van der Waals surface area contributed by atoms with Crippen LogP contribution in [0.4, 0.5) is 4.39 Å². The van der Waals surface area contributed by atoms with Gasteiger partial charge in [0.1, 0.15) is 11.6 Å². The summed E-state index contributed by atoms with van der Waals surface area (Å²) in [4.78, 5) is 11.1. The fourth-order valence-corrected chi connectivity index (χ4v) is 3.20. The summed E-state index contributed by atoms with van der Waals surface area (Å²) in [5.74, 6) is 0.723. The molecule has 1 fully saturated rings. The highest BCUT2D eigenvalue weighted by atomic mass is 19.1. The Hall–Kier alpha value is -1.85. The van der Waals surface area contributed by atoms with Crippen molar-refractivity contribution in [2.75, 3.05) is 13.2 Å². The smallest absolute Gasteiger partial charge is 0.128 e. The maximum atomic E-state index is 14.1. The normalized spacial score (nSPS) is 17.3. The van der Waals surface area contributed by atoms with E-state index in [1.807, 2.05) is 24.5 Å². The Morgan fingerprint density at radius 3 is 2.68 bits per heavy atom. The van der Waals surface area contributed by atoms with Crippen molar-refractivity contribution < 1.29 is 9.13 Å². The Morgan fingerprint density at radius 2 is 2.00 bits per heavy atom. The second kappa shape index (κ2) is 9.02. The van der Waals surface area contributed by atoms with Crippen molar-refractivity contribution in [3.8, 4) is 0 Å². The minimum absolute atomic E-state index is 0.158. The van der Waals surface area contributed by atoms with E-state index in [0.717, 1.165) is 50.2 Å². The molecule has 0 N–H and O–H groups in total. The number of hydrogen-bond acceptors (Lipinski definition) is 4. The van der Waals surface area contributed by atoms with Crippen LogP contribution in [0.25, 0.3) is 0 Å². The van der Waals surface area contributed by atoms with Crippen LogP contribution in [-0.4, -0.2) is 34.1 Å². The molecule has 134 valence electrons. The van der Waals surface area contributed by atoms with Crippen LogP contribution in [-0.2, 0) is 24.2 Å². The number of hydrogen-bond donors (Lipinski definition) is 0. The van der Waals surface area contributed by atoms with Crippen molar-refractivity contribution in [2.24, 2.45) is 0 Å². The average molecular weight is 343 g/mol. The highest BCUT2D eigenvalue weighted by Crippen LogP contribution is 2.18. The average Bonchev–Trinajstić information content (AvgIpc) is 3.12. The van der Waals surface area contributed by atoms with Crippen molar-refractivity contribution in [2.45, 2.75) is 51.8 Å². The fourth-order valence-electron chi connectivity index (χ4n) is 3.20. The molecular weight excluding hydrogens is 317 g/mol. The van der Waals surface area contributed by atoms with Gasteiger partial charge in [-0.15, -0.1) is 0 Å². The van der Waals surface area contributed by atoms with E-state index in [2.05, 4.69) is 21.8 Å². The Balaban J connectivity index is 1.69. The van der Waals surface area contributed by atoms with Crippen molar-refractivity contribution in [3.63, 3.8) is 0 Å². The minimum atomic E-state index is -0.158. The van der Waals surface area contributed by atoms with Gasteiger partial charge in [0.25, 0.3) is 0 Å². The number of aromatic nitrogens is 2. The third-order valence-electron chi connectivity index (χ3n) is 4.48. The lowest BCUT2D eigenvalue weighted by Gasteiger charge is -2.25. The predicted octanol–water partition coefficient (Wildman–Crippen LogP) is 3.75. The number of benzene rings is 1. The molecule has 1 aromatic heterocycles. The van der Waals surface area contributed by atoms with Gasteiger partial charge >= 0.3 is 0 Å². The number of nitrogens with zero attached hydrogens (tertiary/aromatic N) is 3. The molecule has 3 rings (SSSR count). The van der Waals surface area contributed by atoms with Crippen molar-refractivity contribution in [1.29, 1.82) is 0 Å². The fraction of sp³-hybridized carbons (Fsp3) is 0.500. The Kier molecular flexibility index (Phi) is 6.48. The van der Waals surface area contributed by atoms with Crippen LogP contribution < -0.4 is 0 Å². The Labute approximate surface area is 149 Å². The maximum Gasteiger partial charge on any atom is 0.128 e. The molecule has 0 bridgehead atoms. The zero-order valence-corrected chi connectivity index (χ0v) is 14.8. The van der Waals surface area contributed by atoms with Gasteiger partial charge < -0.3 is 4.74 Å². The van der Waals surface area contributed by atoms with E-state index in [-0.39, 0.29) is 11.9 Å². The van der Waals surface area contributed by atoms with Gasteiger partial charge in [-0.05, 0) is 25.3 Å². The second-order valence-electron chi connectivity index (χ2n) is 6.65. The molecule has 0 saturated carbocycles. The van der Waals surface area contributed by atoms with Gasteiger partial charge in [0.15, 0.2) is 0 Å². The van der Waals surface area contributed by atoms with Crippen LogP contribution in [0.3, 0.4) is 0 Å². The third kappa shape index (κ3) is 5.31. The summed E-state index contributed by atoms with van der Waals surface area (Å²) in [6, 6.07) is 6.97. The quantitative estimate of drug-likeness (QED) is 0.732. The summed E-state index contributed by atoms with van der Waals surface area (Å²) >= 11 is 0. The first kappa shape index (κ1) is 18.0. The molecule has 1 aliphatic rings. The van der Waals surface area contributed by atoms with Crippen LogP contribution in [0.15, 0.2) is 36.7 Å². The first-order chi connectivity index (χ1) is 12.2. The van der Waals surface area contributed by atoms with Gasteiger partial charge in [0.05, 0.1) is 6.10 Å². The van der Waals surface area contributed by atoms with Gasteiger partial charge in [0.2, 0.25) is 0 Å². The van der Waals surface area contributed by atoms with E-state index >= 15 is 0 Å². The van der Waals surface area contributed by atoms with Gasteiger partial charge in [0, 0.05) is 56.2 Å². The molecule has 1 aliphatic heterocycles. The van der Waals surface area contributed by atoms with Gasteiger partial charge in [-0.3, -0.25) is 4.90 Å². The number of halogens is 1. The first-order valence-electron chi connectivity index (χ1n) is 9.11. The highest BCUT2D eigenvalue weighted by molar-refractivity contribution is 5.17. The van der Waals surface area contributed by atoms with Gasteiger partial charge in [-0.25, -0.2) is 14.4 Å². The van der Waals surface area contributed by atoms with Crippen molar-refractivity contribution in [3.05, 3.63) is 59.4 Å². The highest BCUT2D eigenvalue weighted by Gasteiger charge is 2.20. The molecule has 0 amide bonds. The summed E-state index contributed by atoms with van der Waals surface area (Å²) in [6.45, 7) is 5.00. The van der Waals surface area contributed by atoms with E-state index in [1.165, 1.54) is 6.07 Å². The monoisotopic (exact) mass is 343 g/mol. The molecule has 0 aliphatic carbocycles. The molecule has 1 aromatic carbocycles. The van der Waals surface area contributed by atoms with Crippen molar-refractivity contribution in [1.82, 2.24) is 14.9 Å². The van der Waals surface area contributed by atoms with E-state index < -0.39 is 0 Å². The van der Waals surface area contributed by atoms with Crippen LogP contribution in [0.1, 0.15) is 43.1 Å². The van der Waals surface area contributed by atoms with Crippen LogP contribution in [0.5, 0.6) is 0 Å². The summed E-state index contributed by atoms with van der Waals surface area (Å²) in [5, 5.41) is 0. The lowest BCUT2D eigenvalue weighted by molar-refractivity contribution is 0.0674. The summed E-state index contributed by atoms with van der Waals surface area (Å²) in [6.07, 6.45) is 8.12. The molecule has 1 atom stereocenters. The molecule has 5 heteroatoms. The largest absolute Gasteiger partial charge is 0.377 e. The number of ether oxygens (including phenoxy) is 1. The van der Waals surface area contributed by atoms with Gasteiger partial charge in [-0.1, -0.05) is 25.1 Å². The standard InChI is InChI=1S/C20H26FN3O/c1-2-6-20-22-11-16(12-23-20)13-24(15-18-8-5-10-25-18)14-17-7-3-4-9-19(17)21/h3-4,7,9,11-12,18H,2,5-6,8,10,13-15H2,1H3/t18-/m0/s1. The molecule has 2 heterocycles. The zero-order valence-electron chi connectivity index (χ0n) is 14.8. The molecule has 0 radical (unpaired) electrons. The van der Waals surface area contributed by atoms with Crippen molar-refractivity contribution >= 4 is 0 Å². The van der Waals surface area contributed by atoms with Crippen LogP contribution in [0, 0.1) is 5.82 Å². The van der Waals surface area contributed by atoms with E-state index in [4.69, 9.17) is 4.74 Å². The SMILES string of the molecule is CCCc1ncc(CN(Cc2ccccc2F)C[C@@H]2CCCO2)cn1. The predicted molar refractivity (Wildman–Crippen MR) is 95.5 cm³/mol. The topological polar surface area (TPSA) is 38.2 Å². The zero-order chi connectivity index (χ0) is 17.5. The number of rotatable bonds is 8. The summed E-state index contributed by atoms with van der Waals surface area (Å²) in [7, 11) is 0. The maximum absolute atomic E-state index is 14.1. The Bertz CT molecular complexity index is 656. The lowest BCUT2D eigenvalue weighted by Crippen LogP contribution is -2.31. The molecule has 0 unspecified atom stereocenters. The first-order valence-corrected chi connectivity index (χ1v) is 9.11. The Morgan fingerprint density at radius 1 is 1.20 bits per heavy atom. The molecule has 2 aromatic rings. The molecule has 0 spiro atoms. The second-order valence-corrected chi connectivity index (χ2v) is 6.65. The van der Waals surface area contributed by atoms with Crippen LogP contribution in [0.2, 0.25) is 0 Å². The third-order valence-corrected chi connectivity index (χ3v) is 4.48. The molecule has 1 saturated heterocycles.